The number of carbonyl (C=O) groups is 1. The Bertz CT molecular complexity index is 889. The van der Waals surface area contributed by atoms with Gasteiger partial charge in [0.05, 0.1) is 22.7 Å². The molecular formula is C18H21N3O4S. The van der Waals surface area contributed by atoms with Crippen molar-refractivity contribution in [2.75, 3.05) is 12.0 Å². The van der Waals surface area contributed by atoms with Crippen molar-refractivity contribution in [3.05, 3.63) is 59.7 Å². The molecule has 0 spiro atoms. The highest BCUT2D eigenvalue weighted by molar-refractivity contribution is 7.89. The second-order valence-electron chi connectivity index (χ2n) is 5.74. The molecule has 0 atom stereocenters. The van der Waals surface area contributed by atoms with Crippen molar-refractivity contribution < 1.29 is 18.3 Å². The molecule has 0 aliphatic heterocycles. The fourth-order valence-corrected chi connectivity index (χ4v) is 3.12. The third kappa shape index (κ3) is 5.68. The van der Waals surface area contributed by atoms with Crippen molar-refractivity contribution in [1.29, 1.82) is 0 Å². The van der Waals surface area contributed by atoms with Gasteiger partial charge < -0.3 is 5.11 Å². The predicted octanol–water partition coefficient (Wildman–Crippen LogP) is 2.58. The van der Waals surface area contributed by atoms with E-state index in [1.165, 1.54) is 12.1 Å². The second-order valence-corrected chi connectivity index (χ2v) is 7.51. The lowest BCUT2D eigenvalue weighted by Gasteiger charge is -2.07. The minimum Gasteiger partial charge on any atom is -0.481 e. The van der Waals surface area contributed by atoms with E-state index in [1.807, 2.05) is 38.1 Å². The number of benzene rings is 2. The molecule has 0 saturated carbocycles. The van der Waals surface area contributed by atoms with Crippen LogP contribution in [0.2, 0.25) is 0 Å². The number of hydrogen-bond acceptors (Lipinski definition) is 5. The van der Waals surface area contributed by atoms with E-state index >= 15 is 0 Å². The van der Waals surface area contributed by atoms with Crippen LogP contribution in [0.25, 0.3) is 0 Å². The maximum Gasteiger partial charge on any atom is 0.304 e. The predicted molar refractivity (Wildman–Crippen MR) is 101 cm³/mol. The van der Waals surface area contributed by atoms with Crippen LogP contribution < -0.4 is 10.1 Å². The normalized spacial score (nSPS) is 12.0. The van der Waals surface area contributed by atoms with E-state index < -0.39 is 16.0 Å². The van der Waals surface area contributed by atoms with Crippen molar-refractivity contribution in [3.63, 3.8) is 0 Å². The third-order valence-electron chi connectivity index (χ3n) is 3.62. The third-order valence-corrected chi connectivity index (χ3v) is 5.09. The lowest BCUT2D eigenvalue weighted by atomic mass is 10.1. The molecule has 2 aromatic carbocycles. The maximum absolute atomic E-state index is 12.1. The Morgan fingerprint density at radius 3 is 2.27 bits per heavy atom. The molecule has 0 heterocycles. The molecule has 0 saturated heterocycles. The molecule has 138 valence electrons. The van der Waals surface area contributed by atoms with Crippen molar-refractivity contribution in [1.82, 2.24) is 4.72 Å². The van der Waals surface area contributed by atoms with Crippen LogP contribution in [0, 0.1) is 6.92 Å². The number of nitrogens with zero attached hydrogens (tertiary/aromatic N) is 1. The molecule has 26 heavy (non-hydrogen) atoms. The SMILES string of the molecule is C/C(=N/Nc1ccc(C)cc1)c1ccc(S(=O)(=O)NCCC(=O)O)cc1. The molecule has 2 rings (SSSR count). The summed E-state index contributed by atoms with van der Waals surface area (Å²) in [7, 11) is -3.73. The summed E-state index contributed by atoms with van der Waals surface area (Å²) in [5.74, 6) is -1.06. The fourth-order valence-electron chi connectivity index (χ4n) is 2.09. The number of carboxylic acid groups (broad SMARTS) is 1. The molecule has 2 aromatic rings. The first-order valence-electron chi connectivity index (χ1n) is 7.97. The number of sulfonamides is 1. The van der Waals surface area contributed by atoms with Crippen LogP contribution in [0.3, 0.4) is 0 Å². The van der Waals surface area contributed by atoms with E-state index in [2.05, 4.69) is 15.2 Å². The summed E-state index contributed by atoms with van der Waals surface area (Å²) in [6, 6.07) is 14.0. The van der Waals surface area contributed by atoms with Crippen LogP contribution in [0.4, 0.5) is 5.69 Å². The van der Waals surface area contributed by atoms with Crippen molar-refractivity contribution in [3.8, 4) is 0 Å². The zero-order valence-electron chi connectivity index (χ0n) is 14.6. The lowest BCUT2D eigenvalue weighted by molar-refractivity contribution is -0.136. The van der Waals surface area contributed by atoms with Gasteiger partial charge in [0.25, 0.3) is 0 Å². The Hall–Kier alpha value is -2.71. The van der Waals surface area contributed by atoms with Crippen LogP contribution in [-0.4, -0.2) is 31.8 Å². The van der Waals surface area contributed by atoms with E-state index in [1.54, 1.807) is 12.1 Å². The number of nitrogens with one attached hydrogen (secondary N) is 2. The Morgan fingerprint density at radius 1 is 1.08 bits per heavy atom. The zero-order valence-corrected chi connectivity index (χ0v) is 15.4. The zero-order chi connectivity index (χ0) is 19.2. The van der Waals surface area contributed by atoms with Crippen LogP contribution in [-0.2, 0) is 14.8 Å². The molecule has 0 unspecified atom stereocenters. The van der Waals surface area contributed by atoms with Gasteiger partial charge in [0.15, 0.2) is 0 Å². The molecule has 8 heteroatoms. The summed E-state index contributed by atoms with van der Waals surface area (Å²) in [6.45, 7) is 3.67. The summed E-state index contributed by atoms with van der Waals surface area (Å²) in [5, 5.41) is 12.9. The standard InChI is InChI=1S/C18H21N3O4S/c1-13-3-7-16(8-4-13)21-20-14(2)15-5-9-17(10-6-15)26(24,25)19-12-11-18(22)23/h3-10,19,21H,11-12H2,1-2H3,(H,22,23)/b20-14-. The quantitative estimate of drug-likeness (QED) is 0.485. The fraction of sp³-hybridized carbons (Fsp3) is 0.222. The van der Waals surface area contributed by atoms with E-state index in [0.29, 0.717) is 5.71 Å². The molecule has 0 aromatic heterocycles. The molecule has 0 radical (unpaired) electrons. The number of aryl methyl sites for hydroxylation is 1. The summed E-state index contributed by atoms with van der Waals surface area (Å²) < 4.78 is 26.4. The number of aliphatic carboxylic acids is 1. The monoisotopic (exact) mass is 375 g/mol. The molecule has 0 amide bonds. The Balaban J connectivity index is 2.04. The first-order chi connectivity index (χ1) is 12.3. The molecule has 3 N–H and O–H groups in total. The summed E-state index contributed by atoms with van der Waals surface area (Å²) in [6.07, 6.45) is -0.270. The molecule has 0 aliphatic carbocycles. The van der Waals surface area contributed by atoms with Crippen LogP contribution in [0.1, 0.15) is 24.5 Å². The maximum atomic E-state index is 12.1. The Morgan fingerprint density at radius 2 is 1.69 bits per heavy atom. The van der Waals surface area contributed by atoms with E-state index in [0.717, 1.165) is 16.8 Å². The van der Waals surface area contributed by atoms with Crippen LogP contribution in [0.15, 0.2) is 58.5 Å². The number of hydrazone groups is 1. The van der Waals surface area contributed by atoms with Gasteiger partial charge in [0.1, 0.15) is 0 Å². The van der Waals surface area contributed by atoms with Gasteiger partial charge in [-0.2, -0.15) is 5.10 Å². The van der Waals surface area contributed by atoms with E-state index in [-0.39, 0.29) is 17.9 Å². The molecule has 0 bridgehead atoms. The van der Waals surface area contributed by atoms with E-state index in [4.69, 9.17) is 5.11 Å². The van der Waals surface area contributed by atoms with Gasteiger partial charge in [-0.1, -0.05) is 29.8 Å². The molecular weight excluding hydrogens is 354 g/mol. The number of anilines is 1. The average Bonchev–Trinajstić information content (AvgIpc) is 2.60. The Labute approximate surface area is 152 Å². The summed E-state index contributed by atoms with van der Waals surface area (Å²) in [4.78, 5) is 10.5. The number of rotatable bonds is 8. The largest absolute Gasteiger partial charge is 0.481 e. The summed E-state index contributed by atoms with van der Waals surface area (Å²) >= 11 is 0. The van der Waals surface area contributed by atoms with Crippen molar-refractivity contribution in [2.24, 2.45) is 5.10 Å². The average molecular weight is 375 g/mol. The molecule has 0 aliphatic rings. The topological polar surface area (TPSA) is 108 Å². The summed E-state index contributed by atoms with van der Waals surface area (Å²) in [5.41, 5.74) is 6.45. The minimum absolute atomic E-state index is 0.0749. The highest BCUT2D eigenvalue weighted by Gasteiger charge is 2.14. The lowest BCUT2D eigenvalue weighted by Crippen LogP contribution is -2.26. The number of carboxylic acids is 1. The van der Waals surface area contributed by atoms with E-state index in [9.17, 15) is 13.2 Å². The van der Waals surface area contributed by atoms with Gasteiger partial charge in [-0.15, -0.1) is 0 Å². The van der Waals surface area contributed by atoms with Gasteiger partial charge >= 0.3 is 5.97 Å². The van der Waals surface area contributed by atoms with Gasteiger partial charge in [0, 0.05) is 6.54 Å². The van der Waals surface area contributed by atoms with Gasteiger partial charge in [-0.25, -0.2) is 13.1 Å². The van der Waals surface area contributed by atoms with Gasteiger partial charge in [-0.3, -0.25) is 10.2 Å². The van der Waals surface area contributed by atoms with Crippen molar-refractivity contribution >= 4 is 27.4 Å². The van der Waals surface area contributed by atoms with Gasteiger partial charge in [-0.05, 0) is 43.7 Å². The van der Waals surface area contributed by atoms with Crippen molar-refractivity contribution in [2.45, 2.75) is 25.2 Å². The first kappa shape index (κ1) is 19.6. The smallest absolute Gasteiger partial charge is 0.304 e. The highest BCUT2D eigenvalue weighted by Crippen LogP contribution is 2.13. The second kappa shape index (κ2) is 8.59. The van der Waals surface area contributed by atoms with Crippen LogP contribution in [0.5, 0.6) is 0 Å². The molecule has 0 fully saturated rings. The Kier molecular flexibility index (Phi) is 6.48. The van der Waals surface area contributed by atoms with Crippen LogP contribution >= 0.6 is 0 Å². The highest BCUT2D eigenvalue weighted by atomic mass is 32.2. The molecule has 7 nitrogen and oxygen atoms in total. The van der Waals surface area contributed by atoms with Gasteiger partial charge in [0.2, 0.25) is 10.0 Å². The minimum atomic E-state index is -3.73. The first-order valence-corrected chi connectivity index (χ1v) is 9.45. The number of hydrogen-bond donors (Lipinski definition) is 3.